The van der Waals surface area contributed by atoms with Gasteiger partial charge in [-0.1, -0.05) is 269 Å². The van der Waals surface area contributed by atoms with Crippen LogP contribution in [0.5, 0.6) is 0 Å². The van der Waals surface area contributed by atoms with Gasteiger partial charge in [-0.25, -0.2) is 9.13 Å². The van der Waals surface area contributed by atoms with Crippen LogP contribution in [-0.2, 0) is 65.4 Å². The summed E-state index contributed by atoms with van der Waals surface area (Å²) < 4.78 is 68.6. The molecule has 0 rings (SSSR count). The first kappa shape index (κ1) is 101. The zero-order valence-electron chi connectivity index (χ0n) is 66.1. The Morgan fingerprint density at radius 2 is 0.491 bits per heavy atom. The molecule has 0 fully saturated rings. The fourth-order valence-corrected chi connectivity index (χ4v) is 11.9. The van der Waals surface area contributed by atoms with Crippen molar-refractivity contribution in [3.05, 3.63) is 158 Å². The molecule has 2 unspecified atom stereocenters. The Labute approximate surface area is 642 Å². The van der Waals surface area contributed by atoms with Crippen LogP contribution in [0.2, 0.25) is 0 Å². The number of ether oxygens (including phenoxy) is 4. The minimum Gasteiger partial charge on any atom is -0.462 e. The van der Waals surface area contributed by atoms with Gasteiger partial charge in [0, 0.05) is 25.7 Å². The number of phosphoric acid groups is 2. The highest BCUT2D eigenvalue weighted by molar-refractivity contribution is 7.47. The maximum Gasteiger partial charge on any atom is 0.472 e. The van der Waals surface area contributed by atoms with E-state index in [1.807, 2.05) is 0 Å². The average molecular weight is 1520 g/mol. The molecule has 19 heteroatoms. The van der Waals surface area contributed by atoms with Crippen molar-refractivity contribution in [2.45, 2.75) is 329 Å². The monoisotopic (exact) mass is 1520 g/mol. The molecule has 0 amide bonds. The molecule has 604 valence electrons. The van der Waals surface area contributed by atoms with Gasteiger partial charge in [0.15, 0.2) is 12.2 Å². The number of aliphatic hydroxyl groups is 1. The van der Waals surface area contributed by atoms with Crippen molar-refractivity contribution in [3.63, 3.8) is 0 Å². The number of phosphoric ester groups is 2. The van der Waals surface area contributed by atoms with Gasteiger partial charge in [0.1, 0.15) is 19.3 Å². The van der Waals surface area contributed by atoms with E-state index in [4.69, 9.17) is 37.0 Å². The van der Waals surface area contributed by atoms with Crippen LogP contribution in [0.3, 0.4) is 0 Å². The summed E-state index contributed by atoms with van der Waals surface area (Å²) in [7, 11) is -10.00. The average Bonchev–Trinajstić information content (AvgIpc) is 0.899. The Balaban J connectivity index is 5.45. The molecule has 5 atom stereocenters. The van der Waals surface area contributed by atoms with Gasteiger partial charge in [0.05, 0.1) is 26.4 Å². The molecule has 106 heavy (non-hydrogen) atoms. The van der Waals surface area contributed by atoms with E-state index < -0.39 is 97.5 Å². The fourth-order valence-electron chi connectivity index (χ4n) is 10.3. The Morgan fingerprint density at radius 1 is 0.274 bits per heavy atom. The predicted molar refractivity (Wildman–Crippen MR) is 436 cm³/mol. The summed E-state index contributed by atoms with van der Waals surface area (Å²) >= 11 is 0. The van der Waals surface area contributed by atoms with Crippen molar-refractivity contribution in [1.82, 2.24) is 0 Å². The number of rotatable bonds is 75. The molecule has 0 aromatic carbocycles. The zero-order valence-corrected chi connectivity index (χ0v) is 67.8. The summed E-state index contributed by atoms with van der Waals surface area (Å²) in [6, 6.07) is 0. The van der Waals surface area contributed by atoms with Crippen molar-refractivity contribution in [2.24, 2.45) is 0 Å². The lowest BCUT2D eigenvalue weighted by atomic mass is 10.1. The lowest BCUT2D eigenvalue weighted by Crippen LogP contribution is -2.30. The summed E-state index contributed by atoms with van der Waals surface area (Å²) in [5, 5.41) is 10.7. The maximum absolute atomic E-state index is 13.1. The molecular weight excluding hydrogens is 1380 g/mol. The largest absolute Gasteiger partial charge is 0.472 e. The molecule has 0 saturated heterocycles. The summed E-state index contributed by atoms with van der Waals surface area (Å²) in [6.07, 6.45) is 90.7. The lowest BCUT2D eigenvalue weighted by Gasteiger charge is -2.21. The molecule has 0 spiro atoms. The van der Waals surface area contributed by atoms with Gasteiger partial charge in [0.25, 0.3) is 0 Å². The third-order valence-electron chi connectivity index (χ3n) is 16.5. The summed E-state index contributed by atoms with van der Waals surface area (Å²) in [6.45, 7) is 4.51. The number of carbonyl (C=O) groups is 4. The standard InChI is InChI=1S/C87H144O17P2/c1-5-9-13-17-21-25-29-33-36-38-40-42-45-49-52-56-60-64-68-72-85(90)98-77-82(103-86(91)73-69-65-61-57-53-47-32-28-24-20-16-12-8-4)79-101-105(93,94)99-75-81(88)76-100-106(95,96)102-80-83(78-97-84(89)71-67-63-59-55-51-48-44-35-31-27-23-19-15-11-7-3)104-87(92)74-70-66-62-58-54-50-46-43-41-39-37-34-30-26-22-18-14-10-6-2/h9-10,13-14,21-23,25-28,32-37,40-44,49-50,52,54,81-83,88H,5-8,11-12,15-20,24,29-31,38-39,45-48,51,53,55-80H2,1-4H3,(H,93,94)(H,95,96)/b13-9-,14-10-,25-21-,26-22-,27-23-,32-28-,36-33-,37-34-,42-40-,43-41-,44-35-,52-49-,54-50-/t81-,82-,83-/m1/s1. The highest BCUT2D eigenvalue weighted by Gasteiger charge is 2.30. The van der Waals surface area contributed by atoms with Gasteiger partial charge in [-0.15, -0.1) is 0 Å². The van der Waals surface area contributed by atoms with E-state index >= 15 is 0 Å². The molecular formula is C87H144O17P2. The van der Waals surface area contributed by atoms with Crippen LogP contribution in [0.4, 0.5) is 0 Å². The van der Waals surface area contributed by atoms with Crippen molar-refractivity contribution in [2.75, 3.05) is 39.6 Å². The number of hydrogen-bond acceptors (Lipinski definition) is 15. The number of esters is 4. The fraction of sp³-hybridized carbons (Fsp3) is 0.655. The minimum absolute atomic E-state index is 0.0473. The van der Waals surface area contributed by atoms with Crippen molar-refractivity contribution in [1.29, 1.82) is 0 Å². The van der Waals surface area contributed by atoms with Crippen molar-refractivity contribution < 1.29 is 80.2 Å². The molecule has 0 aliphatic rings. The number of unbranched alkanes of at least 4 members (excludes halogenated alkanes) is 23. The predicted octanol–water partition coefficient (Wildman–Crippen LogP) is 24.0. The number of carbonyl (C=O) groups excluding carboxylic acids is 4. The van der Waals surface area contributed by atoms with E-state index in [1.165, 1.54) is 44.9 Å². The van der Waals surface area contributed by atoms with Crippen molar-refractivity contribution >= 4 is 39.5 Å². The van der Waals surface area contributed by atoms with E-state index in [-0.39, 0.29) is 25.7 Å². The SMILES string of the molecule is CC/C=C\C/C=C\C/C=C\C/C=C\C/C=C\CCCCCC(=O)OC[C@H](COP(=O)(O)OC[C@@H](O)COP(=O)(O)OC[C@@H](COC(=O)CCCCCCC/C=C\C/C=C\CCCCC)OC(=O)CCCCC/C=C\C/C=C\C/C=C\C/C=C\C/C=C\CC)OC(=O)CCCCCCC/C=C\CCCCCC. The lowest BCUT2D eigenvalue weighted by molar-refractivity contribution is -0.161. The second-order valence-corrected chi connectivity index (χ2v) is 29.5. The molecule has 3 N–H and O–H groups in total. The summed E-state index contributed by atoms with van der Waals surface area (Å²) in [5.41, 5.74) is 0. The van der Waals surface area contributed by atoms with Gasteiger partial charge >= 0.3 is 39.5 Å². The van der Waals surface area contributed by atoms with Gasteiger partial charge in [-0.2, -0.15) is 0 Å². The van der Waals surface area contributed by atoms with E-state index in [2.05, 4.69) is 186 Å². The van der Waals surface area contributed by atoms with Gasteiger partial charge < -0.3 is 33.8 Å². The van der Waals surface area contributed by atoms with Crippen LogP contribution in [0.25, 0.3) is 0 Å². The maximum atomic E-state index is 13.1. The number of hydrogen-bond donors (Lipinski definition) is 3. The Bertz CT molecular complexity index is 2630. The molecule has 0 aliphatic heterocycles. The normalized spacial score (nSPS) is 14.7. The topological polar surface area (TPSA) is 237 Å². The molecule has 0 saturated carbocycles. The van der Waals surface area contributed by atoms with Gasteiger partial charge in [0.2, 0.25) is 0 Å². The molecule has 17 nitrogen and oxygen atoms in total. The first-order chi connectivity index (χ1) is 51.7. The summed E-state index contributed by atoms with van der Waals surface area (Å²) in [5.74, 6) is -2.28. The van der Waals surface area contributed by atoms with Crippen LogP contribution in [0.15, 0.2) is 158 Å². The molecule has 0 bridgehead atoms. The quantitative estimate of drug-likeness (QED) is 0.0169. The Morgan fingerprint density at radius 3 is 0.792 bits per heavy atom. The van der Waals surface area contributed by atoms with E-state index in [0.717, 1.165) is 186 Å². The molecule has 0 radical (unpaired) electrons. The van der Waals surface area contributed by atoms with Crippen LogP contribution < -0.4 is 0 Å². The van der Waals surface area contributed by atoms with Gasteiger partial charge in [-0.3, -0.25) is 37.3 Å². The van der Waals surface area contributed by atoms with Crippen LogP contribution in [0.1, 0.15) is 310 Å². The smallest absolute Gasteiger partial charge is 0.462 e. The highest BCUT2D eigenvalue weighted by Crippen LogP contribution is 2.45. The molecule has 0 heterocycles. The van der Waals surface area contributed by atoms with Crippen LogP contribution >= 0.6 is 15.6 Å². The first-order valence-electron chi connectivity index (χ1n) is 40.7. The molecule has 0 aromatic heterocycles. The highest BCUT2D eigenvalue weighted by atomic mass is 31.2. The van der Waals surface area contributed by atoms with E-state index in [9.17, 15) is 43.2 Å². The second-order valence-electron chi connectivity index (χ2n) is 26.6. The first-order valence-corrected chi connectivity index (χ1v) is 43.7. The van der Waals surface area contributed by atoms with Crippen molar-refractivity contribution in [3.8, 4) is 0 Å². The third-order valence-corrected chi connectivity index (χ3v) is 18.4. The third kappa shape index (κ3) is 76.9. The Hall–Kier alpha value is -5.32. The van der Waals surface area contributed by atoms with Gasteiger partial charge in [-0.05, 0) is 173 Å². The number of aliphatic hydroxyl groups excluding tert-OH is 1. The van der Waals surface area contributed by atoms with Crippen LogP contribution in [-0.4, -0.2) is 96.7 Å². The number of allylic oxidation sites excluding steroid dienone is 26. The Kier molecular flexibility index (Phi) is 73.9. The van der Waals surface area contributed by atoms with E-state index in [0.29, 0.717) is 25.7 Å². The molecule has 0 aromatic rings. The second kappa shape index (κ2) is 77.8. The minimum atomic E-state index is -5.00. The van der Waals surface area contributed by atoms with E-state index in [1.54, 1.807) is 0 Å². The zero-order chi connectivity index (χ0) is 77.4. The van der Waals surface area contributed by atoms with Crippen LogP contribution in [0, 0.1) is 0 Å². The summed E-state index contributed by atoms with van der Waals surface area (Å²) in [4.78, 5) is 73.1. The molecule has 0 aliphatic carbocycles.